The van der Waals surface area contributed by atoms with E-state index in [1.807, 2.05) is 0 Å². The topological polar surface area (TPSA) is 125 Å². The van der Waals surface area contributed by atoms with E-state index in [1.165, 1.54) is 14.0 Å². The summed E-state index contributed by atoms with van der Waals surface area (Å²) in [6.45, 7) is 3.84. The number of primary amides is 1. The zero-order chi connectivity index (χ0) is 18.5. The Morgan fingerprint density at radius 1 is 1.08 bits per heavy atom. The second-order valence-electron chi connectivity index (χ2n) is 5.66. The summed E-state index contributed by atoms with van der Waals surface area (Å²) in [4.78, 5) is 46.3. The van der Waals surface area contributed by atoms with Crippen LogP contribution >= 0.6 is 0 Å². The number of amides is 2. The van der Waals surface area contributed by atoms with Gasteiger partial charge in [0.25, 0.3) is 0 Å². The predicted octanol–water partition coefficient (Wildman–Crippen LogP) is 1.31. The number of hydrogen-bond donors (Lipinski definition) is 2. The molecule has 2 amide bonds. The van der Waals surface area contributed by atoms with E-state index in [4.69, 9.17) is 10.5 Å². The molecule has 3 N–H and O–H groups in total. The van der Waals surface area contributed by atoms with Crippen molar-refractivity contribution in [3.8, 4) is 0 Å². The molecule has 0 spiro atoms. The first kappa shape index (κ1) is 21.9. The third-order valence-corrected chi connectivity index (χ3v) is 3.43. The van der Waals surface area contributed by atoms with E-state index in [1.54, 1.807) is 0 Å². The zero-order valence-corrected chi connectivity index (χ0v) is 14.6. The van der Waals surface area contributed by atoms with Crippen LogP contribution < -0.4 is 11.1 Å². The molecule has 138 valence electrons. The van der Waals surface area contributed by atoms with E-state index >= 15 is 0 Å². The van der Waals surface area contributed by atoms with Crippen LogP contribution in [-0.2, 0) is 23.9 Å². The Bertz CT molecular complexity index is 438. The Balaban J connectivity index is 4.48. The molecule has 0 fully saturated rings. The maximum atomic E-state index is 12.2. The summed E-state index contributed by atoms with van der Waals surface area (Å²) in [5, 5.41) is 2.34. The van der Waals surface area contributed by atoms with Gasteiger partial charge in [0.1, 0.15) is 0 Å². The summed E-state index contributed by atoms with van der Waals surface area (Å²) in [5.41, 5.74) is 5.10. The molecule has 0 aromatic carbocycles. The molecule has 8 heteroatoms. The molecule has 2 atom stereocenters. The molecular formula is C16H28N2O6. The van der Waals surface area contributed by atoms with Gasteiger partial charge >= 0.3 is 12.1 Å². The molecule has 0 radical (unpaired) electrons. The van der Waals surface area contributed by atoms with Crippen molar-refractivity contribution in [2.24, 2.45) is 11.7 Å². The molecule has 0 unspecified atom stereocenters. The van der Waals surface area contributed by atoms with Crippen molar-refractivity contribution in [1.29, 1.82) is 0 Å². The van der Waals surface area contributed by atoms with Crippen molar-refractivity contribution in [2.75, 3.05) is 13.7 Å². The van der Waals surface area contributed by atoms with Crippen LogP contribution in [0.25, 0.3) is 0 Å². The fraction of sp³-hybridized carbons (Fsp3) is 0.750. The van der Waals surface area contributed by atoms with Crippen molar-refractivity contribution >= 4 is 23.8 Å². The van der Waals surface area contributed by atoms with Crippen LogP contribution in [0.5, 0.6) is 0 Å². The van der Waals surface area contributed by atoms with E-state index in [0.29, 0.717) is 0 Å². The minimum Gasteiger partial charge on any atom is -0.469 e. The number of alkyl carbamates (subject to hydrolysis) is 1. The van der Waals surface area contributed by atoms with Crippen LogP contribution in [0.3, 0.4) is 0 Å². The number of hydrogen-bond acceptors (Lipinski definition) is 6. The van der Waals surface area contributed by atoms with Crippen molar-refractivity contribution in [3.63, 3.8) is 0 Å². The number of esters is 1. The summed E-state index contributed by atoms with van der Waals surface area (Å²) in [6, 6.07) is -1.11. The summed E-state index contributed by atoms with van der Waals surface area (Å²) >= 11 is 0. The maximum Gasteiger partial charge on any atom is 0.407 e. The molecule has 0 aliphatic heterocycles. The van der Waals surface area contributed by atoms with Crippen molar-refractivity contribution < 1.29 is 28.7 Å². The highest BCUT2D eigenvalue weighted by molar-refractivity contribution is 5.93. The third kappa shape index (κ3) is 9.81. The van der Waals surface area contributed by atoms with Gasteiger partial charge in [0, 0.05) is 6.42 Å². The van der Waals surface area contributed by atoms with E-state index in [2.05, 4.69) is 17.0 Å². The standard InChI is InChI=1S/C16H28N2O6/c1-4-5-6-7-8-24-16(22)18-12(10-14(17)20)13(19)9-11(2)15(21)23-3/h11-12H,4-10H2,1-3H3,(H2,17,20)(H,18,22)/t11-,12-/m1/s1. The first-order valence-electron chi connectivity index (χ1n) is 8.13. The molecule has 0 saturated heterocycles. The second kappa shape index (κ2) is 12.3. The Morgan fingerprint density at radius 3 is 2.29 bits per heavy atom. The highest BCUT2D eigenvalue weighted by atomic mass is 16.5. The Hall–Kier alpha value is -2.12. The number of unbranched alkanes of at least 4 members (excludes halogenated alkanes) is 3. The van der Waals surface area contributed by atoms with E-state index < -0.39 is 35.7 Å². The number of ketones is 1. The first-order chi connectivity index (χ1) is 11.3. The lowest BCUT2D eigenvalue weighted by Crippen LogP contribution is -2.44. The molecule has 0 bridgehead atoms. The highest BCUT2D eigenvalue weighted by Crippen LogP contribution is 2.09. The molecular weight excluding hydrogens is 316 g/mol. The zero-order valence-electron chi connectivity index (χ0n) is 14.6. The SMILES string of the molecule is CCCCCCOC(=O)N[C@H](CC(N)=O)C(=O)C[C@@H](C)C(=O)OC. The van der Waals surface area contributed by atoms with Crippen molar-refractivity contribution in [3.05, 3.63) is 0 Å². The second-order valence-corrected chi connectivity index (χ2v) is 5.66. The number of carbonyl (C=O) groups excluding carboxylic acids is 4. The predicted molar refractivity (Wildman–Crippen MR) is 87.0 cm³/mol. The van der Waals surface area contributed by atoms with Gasteiger partial charge in [0.15, 0.2) is 5.78 Å². The number of Topliss-reactive ketones (excluding diaryl/α,β-unsaturated/α-hetero) is 1. The van der Waals surface area contributed by atoms with Crippen LogP contribution in [-0.4, -0.2) is 43.5 Å². The van der Waals surface area contributed by atoms with Crippen molar-refractivity contribution in [2.45, 2.75) is 58.4 Å². The minimum atomic E-state index is -1.11. The summed E-state index contributed by atoms with van der Waals surface area (Å²) in [7, 11) is 1.22. The Morgan fingerprint density at radius 2 is 1.75 bits per heavy atom. The summed E-state index contributed by atoms with van der Waals surface area (Å²) in [6.07, 6.45) is 2.51. The van der Waals surface area contributed by atoms with Gasteiger partial charge in [-0.2, -0.15) is 0 Å². The van der Waals surface area contributed by atoms with E-state index in [0.717, 1.165) is 25.7 Å². The van der Waals surface area contributed by atoms with Gasteiger partial charge in [-0.05, 0) is 6.42 Å². The van der Waals surface area contributed by atoms with Gasteiger partial charge in [-0.3, -0.25) is 14.4 Å². The molecule has 0 aromatic rings. The fourth-order valence-electron chi connectivity index (χ4n) is 2.05. The summed E-state index contributed by atoms with van der Waals surface area (Å²) in [5.74, 6) is -2.43. The van der Waals surface area contributed by atoms with Crippen LogP contribution in [0.2, 0.25) is 0 Å². The fourth-order valence-corrected chi connectivity index (χ4v) is 2.05. The number of nitrogens with one attached hydrogen (secondary N) is 1. The van der Waals surface area contributed by atoms with E-state index in [-0.39, 0.29) is 19.4 Å². The van der Waals surface area contributed by atoms with Crippen LogP contribution in [0, 0.1) is 5.92 Å². The number of rotatable bonds is 12. The molecule has 0 aromatic heterocycles. The molecule has 24 heavy (non-hydrogen) atoms. The smallest absolute Gasteiger partial charge is 0.407 e. The van der Waals surface area contributed by atoms with Crippen molar-refractivity contribution in [1.82, 2.24) is 5.32 Å². The monoisotopic (exact) mass is 344 g/mol. The average molecular weight is 344 g/mol. The largest absolute Gasteiger partial charge is 0.469 e. The number of ether oxygens (including phenoxy) is 2. The number of nitrogens with two attached hydrogens (primary N) is 1. The normalized spacial score (nSPS) is 12.8. The summed E-state index contributed by atoms with van der Waals surface area (Å²) < 4.78 is 9.52. The first-order valence-corrected chi connectivity index (χ1v) is 8.13. The molecule has 8 nitrogen and oxygen atoms in total. The highest BCUT2D eigenvalue weighted by Gasteiger charge is 2.27. The van der Waals surface area contributed by atoms with Gasteiger partial charge in [0.05, 0.1) is 32.1 Å². The minimum absolute atomic E-state index is 0.165. The van der Waals surface area contributed by atoms with Crippen LogP contribution in [0.4, 0.5) is 4.79 Å². The lowest BCUT2D eigenvalue weighted by Gasteiger charge is -2.17. The quantitative estimate of drug-likeness (QED) is 0.406. The number of carbonyl (C=O) groups is 4. The van der Waals surface area contributed by atoms with Crippen LogP contribution in [0.15, 0.2) is 0 Å². The number of methoxy groups -OCH3 is 1. The molecule has 0 saturated carbocycles. The molecule has 0 heterocycles. The Labute approximate surface area is 142 Å². The lowest BCUT2D eigenvalue weighted by atomic mass is 9.98. The maximum absolute atomic E-state index is 12.2. The van der Waals surface area contributed by atoms with Gasteiger partial charge in [-0.15, -0.1) is 0 Å². The lowest BCUT2D eigenvalue weighted by molar-refractivity contribution is -0.146. The van der Waals surface area contributed by atoms with Gasteiger partial charge in [-0.25, -0.2) is 4.79 Å². The van der Waals surface area contributed by atoms with Gasteiger partial charge in [-0.1, -0.05) is 33.1 Å². The van der Waals surface area contributed by atoms with Gasteiger partial charge in [0.2, 0.25) is 5.91 Å². The third-order valence-electron chi connectivity index (χ3n) is 3.43. The van der Waals surface area contributed by atoms with E-state index in [9.17, 15) is 19.2 Å². The Kier molecular flexibility index (Phi) is 11.2. The van der Waals surface area contributed by atoms with Crippen LogP contribution in [0.1, 0.15) is 52.4 Å². The van der Waals surface area contributed by atoms with Gasteiger partial charge < -0.3 is 20.5 Å². The average Bonchev–Trinajstić information content (AvgIpc) is 2.52. The molecule has 0 aliphatic rings. The molecule has 0 rings (SSSR count). The molecule has 0 aliphatic carbocycles.